The molecular weight excluding hydrogens is 477 g/mol. The first kappa shape index (κ1) is 22.7. The number of aryl methyl sites for hydroxylation is 1. The van der Waals surface area contributed by atoms with E-state index in [1.54, 1.807) is 13.2 Å². The Morgan fingerprint density at radius 2 is 1.76 bits per heavy atom. The molecule has 3 rings (SSSR count). The first-order valence-corrected chi connectivity index (χ1v) is 9.40. The lowest BCUT2D eigenvalue weighted by Crippen LogP contribution is -2.38. The summed E-state index contributed by atoms with van der Waals surface area (Å²) in [6.07, 6.45) is 5.59. The Hall–Kier alpha value is -2.55. The van der Waals surface area contributed by atoms with Crippen molar-refractivity contribution in [3.8, 4) is 5.75 Å². The van der Waals surface area contributed by atoms with E-state index in [0.29, 0.717) is 19.7 Å². The van der Waals surface area contributed by atoms with Crippen LogP contribution in [0.5, 0.6) is 5.75 Å². The van der Waals surface area contributed by atoms with E-state index in [0.717, 1.165) is 18.3 Å². The minimum absolute atomic E-state index is 0. The van der Waals surface area contributed by atoms with Gasteiger partial charge in [-0.2, -0.15) is 0 Å². The van der Waals surface area contributed by atoms with Crippen molar-refractivity contribution in [1.29, 1.82) is 0 Å². The highest BCUT2D eigenvalue weighted by atomic mass is 127. The third-order valence-corrected chi connectivity index (χ3v) is 4.32. The molecule has 2 N–H and O–H groups in total. The normalized spacial score (nSPS) is 10.9. The van der Waals surface area contributed by atoms with Crippen molar-refractivity contribution in [2.75, 3.05) is 20.2 Å². The zero-order valence-electron chi connectivity index (χ0n) is 16.8. The lowest BCUT2D eigenvalue weighted by Gasteiger charge is -2.13. The molecule has 0 atom stereocenters. The van der Waals surface area contributed by atoms with E-state index in [1.807, 2.05) is 36.8 Å². The van der Waals surface area contributed by atoms with Crippen molar-refractivity contribution < 1.29 is 4.74 Å². The molecule has 0 unspecified atom stereocenters. The van der Waals surface area contributed by atoms with Crippen molar-refractivity contribution in [1.82, 2.24) is 20.2 Å². The predicted octanol–water partition coefficient (Wildman–Crippen LogP) is 3.60. The molecule has 154 valence electrons. The van der Waals surface area contributed by atoms with Crippen LogP contribution in [0.3, 0.4) is 0 Å². The molecule has 6 nitrogen and oxygen atoms in total. The molecule has 7 heteroatoms. The van der Waals surface area contributed by atoms with E-state index < -0.39 is 0 Å². The quantitative estimate of drug-likeness (QED) is 0.213. The van der Waals surface area contributed by atoms with Crippen LogP contribution in [0.2, 0.25) is 0 Å². The van der Waals surface area contributed by atoms with E-state index in [2.05, 4.69) is 56.4 Å². The second-order valence-corrected chi connectivity index (χ2v) is 6.57. The van der Waals surface area contributed by atoms with Crippen LogP contribution < -0.4 is 15.4 Å². The maximum Gasteiger partial charge on any atom is 0.191 e. The van der Waals surface area contributed by atoms with Gasteiger partial charge in [-0.1, -0.05) is 42.0 Å². The summed E-state index contributed by atoms with van der Waals surface area (Å²) in [4.78, 5) is 8.32. The van der Waals surface area contributed by atoms with E-state index in [-0.39, 0.29) is 24.0 Å². The van der Waals surface area contributed by atoms with E-state index >= 15 is 0 Å². The molecule has 0 radical (unpaired) electrons. The van der Waals surface area contributed by atoms with Crippen LogP contribution in [0.15, 0.2) is 72.2 Å². The van der Waals surface area contributed by atoms with E-state index in [9.17, 15) is 0 Å². The summed E-state index contributed by atoms with van der Waals surface area (Å²) in [5, 5.41) is 6.59. The molecule has 1 heterocycles. The molecule has 0 amide bonds. The molecule has 0 aliphatic heterocycles. The minimum Gasteiger partial charge on any atom is -0.492 e. The fraction of sp³-hybridized carbons (Fsp3) is 0.273. The molecule has 0 bridgehead atoms. The largest absolute Gasteiger partial charge is 0.492 e. The predicted molar refractivity (Wildman–Crippen MR) is 128 cm³/mol. The molecule has 0 saturated heterocycles. The summed E-state index contributed by atoms with van der Waals surface area (Å²) in [7, 11) is 1.77. The van der Waals surface area contributed by atoms with Gasteiger partial charge in [0.15, 0.2) is 5.96 Å². The van der Waals surface area contributed by atoms with Gasteiger partial charge in [0.2, 0.25) is 0 Å². The molecule has 0 aliphatic rings. The highest BCUT2D eigenvalue weighted by molar-refractivity contribution is 14.0. The third kappa shape index (κ3) is 7.77. The third-order valence-electron chi connectivity index (χ3n) is 4.32. The average Bonchev–Trinajstić information content (AvgIpc) is 3.23. The van der Waals surface area contributed by atoms with Gasteiger partial charge in [-0.15, -0.1) is 24.0 Å². The van der Waals surface area contributed by atoms with Gasteiger partial charge in [0.1, 0.15) is 12.4 Å². The monoisotopic (exact) mass is 505 g/mol. The second kappa shape index (κ2) is 12.1. The van der Waals surface area contributed by atoms with Crippen molar-refractivity contribution in [3.63, 3.8) is 0 Å². The topological polar surface area (TPSA) is 63.5 Å². The molecule has 0 spiro atoms. The van der Waals surface area contributed by atoms with Crippen LogP contribution in [0.25, 0.3) is 0 Å². The number of benzene rings is 2. The SMILES string of the molecule is CN=C(NCCOc1ccc(C)cc1)NCc1ccc(Cn2ccnc2)cc1.I. The Bertz CT molecular complexity index is 861. The second-order valence-electron chi connectivity index (χ2n) is 6.57. The zero-order valence-corrected chi connectivity index (χ0v) is 19.2. The number of imidazole rings is 1. The first-order chi connectivity index (χ1) is 13.7. The summed E-state index contributed by atoms with van der Waals surface area (Å²) < 4.78 is 7.78. The average molecular weight is 505 g/mol. The van der Waals surface area contributed by atoms with Crippen LogP contribution >= 0.6 is 24.0 Å². The number of halogens is 1. The zero-order chi connectivity index (χ0) is 19.6. The van der Waals surface area contributed by atoms with Crippen molar-refractivity contribution in [3.05, 3.63) is 83.9 Å². The molecule has 0 aliphatic carbocycles. The molecule has 1 aromatic heterocycles. The lowest BCUT2D eigenvalue weighted by atomic mass is 10.1. The van der Waals surface area contributed by atoms with Crippen LogP contribution in [-0.2, 0) is 13.1 Å². The minimum atomic E-state index is 0. The standard InChI is InChI=1S/C22H27N5O.HI/c1-18-3-9-21(10-4-18)28-14-12-25-22(23-2)26-15-19-5-7-20(8-6-19)16-27-13-11-24-17-27;/h3-11,13,17H,12,14-16H2,1-2H3,(H2,23,25,26);1H. The van der Waals surface area contributed by atoms with Crippen molar-refractivity contribution >= 4 is 29.9 Å². The maximum absolute atomic E-state index is 5.72. The molecular formula is C22H28IN5O. The fourth-order valence-electron chi connectivity index (χ4n) is 2.73. The number of nitrogens with one attached hydrogen (secondary N) is 2. The van der Waals surface area contributed by atoms with Gasteiger partial charge in [0.05, 0.1) is 12.9 Å². The Morgan fingerprint density at radius 1 is 1.03 bits per heavy atom. The van der Waals surface area contributed by atoms with Crippen molar-refractivity contribution in [2.45, 2.75) is 20.0 Å². The first-order valence-electron chi connectivity index (χ1n) is 9.40. The molecule has 2 aromatic carbocycles. The smallest absolute Gasteiger partial charge is 0.191 e. The number of rotatable bonds is 8. The molecule has 0 saturated carbocycles. The van der Waals surface area contributed by atoms with Gasteiger partial charge in [0, 0.05) is 32.5 Å². The number of hydrogen-bond donors (Lipinski definition) is 2. The van der Waals surface area contributed by atoms with Gasteiger partial charge in [-0.05, 0) is 30.2 Å². The van der Waals surface area contributed by atoms with E-state index in [1.165, 1.54) is 16.7 Å². The fourth-order valence-corrected chi connectivity index (χ4v) is 2.73. The Morgan fingerprint density at radius 3 is 2.41 bits per heavy atom. The summed E-state index contributed by atoms with van der Waals surface area (Å²) in [6.45, 7) is 4.86. The number of aliphatic imine (C=N–C) groups is 1. The Labute approximate surface area is 189 Å². The molecule has 29 heavy (non-hydrogen) atoms. The van der Waals surface area contributed by atoms with Gasteiger partial charge < -0.3 is 19.9 Å². The van der Waals surface area contributed by atoms with Gasteiger partial charge in [-0.3, -0.25) is 4.99 Å². The summed E-state index contributed by atoms with van der Waals surface area (Å²) in [5.74, 6) is 1.64. The lowest BCUT2D eigenvalue weighted by molar-refractivity contribution is 0.322. The van der Waals surface area contributed by atoms with Gasteiger partial charge >= 0.3 is 0 Å². The molecule has 3 aromatic rings. The summed E-state index contributed by atoms with van der Waals surface area (Å²) >= 11 is 0. The van der Waals surface area contributed by atoms with Crippen LogP contribution in [0, 0.1) is 6.92 Å². The van der Waals surface area contributed by atoms with Gasteiger partial charge in [-0.25, -0.2) is 4.98 Å². The number of guanidine groups is 1. The number of aromatic nitrogens is 2. The highest BCUT2D eigenvalue weighted by Gasteiger charge is 2.00. The van der Waals surface area contributed by atoms with Crippen LogP contribution in [0.1, 0.15) is 16.7 Å². The Kier molecular flexibility index (Phi) is 9.49. The summed E-state index contributed by atoms with van der Waals surface area (Å²) in [5.41, 5.74) is 3.68. The number of hydrogen-bond acceptors (Lipinski definition) is 3. The maximum atomic E-state index is 5.72. The van der Waals surface area contributed by atoms with Crippen LogP contribution in [-0.4, -0.2) is 35.7 Å². The molecule has 0 fully saturated rings. The highest BCUT2D eigenvalue weighted by Crippen LogP contribution is 2.10. The number of ether oxygens (including phenoxy) is 1. The van der Waals surface area contributed by atoms with Crippen molar-refractivity contribution in [2.24, 2.45) is 4.99 Å². The Balaban J connectivity index is 0.00000300. The van der Waals surface area contributed by atoms with E-state index in [4.69, 9.17) is 4.74 Å². The van der Waals surface area contributed by atoms with Gasteiger partial charge in [0.25, 0.3) is 0 Å². The van der Waals surface area contributed by atoms with Crippen LogP contribution in [0.4, 0.5) is 0 Å². The number of nitrogens with zero attached hydrogens (tertiary/aromatic N) is 3. The summed E-state index contributed by atoms with van der Waals surface area (Å²) in [6, 6.07) is 16.6.